The van der Waals surface area contributed by atoms with Crippen molar-refractivity contribution in [3.8, 4) is 0 Å². The van der Waals surface area contributed by atoms with Crippen LogP contribution in [0.25, 0.3) is 0 Å². The summed E-state index contributed by atoms with van der Waals surface area (Å²) in [5, 5.41) is 6.84. The molecular weight excluding hydrogens is 386 g/mol. The Morgan fingerprint density at radius 3 is 2.61 bits per heavy atom. The third-order valence-corrected chi connectivity index (χ3v) is 5.74. The van der Waals surface area contributed by atoms with Crippen LogP contribution in [0.2, 0.25) is 0 Å². The summed E-state index contributed by atoms with van der Waals surface area (Å²) >= 11 is 0. The quantitative estimate of drug-likeness (QED) is 0.482. The molecule has 31 heavy (non-hydrogen) atoms. The average Bonchev–Trinajstić information content (AvgIpc) is 3.18. The number of nitrogens with zero attached hydrogens (tertiary/aromatic N) is 3. The Morgan fingerprint density at radius 2 is 1.94 bits per heavy atom. The van der Waals surface area contributed by atoms with Crippen LogP contribution in [-0.4, -0.2) is 50.0 Å². The van der Waals surface area contributed by atoms with E-state index in [9.17, 15) is 4.79 Å². The number of amides is 1. The molecule has 1 heterocycles. The van der Waals surface area contributed by atoms with Gasteiger partial charge in [0.05, 0.1) is 0 Å². The van der Waals surface area contributed by atoms with Gasteiger partial charge in [-0.15, -0.1) is 0 Å². The number of benzene rings is 2. The number of aryl methyl sites for hydroxylation is 1. The van der Waals surface area contributed by atoms with Crippen LogP contribution in [0.3, 0.4) is 0 Å². The number of carbonyl (C=O) groups excluding carboxylic acids is 1. The molecule has 1 aliphatic heterocycles. The van der Waals surface area contributed by atoms with Crippen molar-refractivity contribution in [2.24, 2.45) is 4.99 Å². The predicted molar refractivity (Wildman–Crippen MR) is 128 cm³/mol. The van der Waals surface area contributed by atoms with E-state index in [2.05, 4.69) is 70.8 Å². The lowest BCUT2D eigenvalue weighted by Gasteiger charge is -2.24. The highest BCUT2D eigenvalue weighted by Crippen LogP contribution is 2.17. The minimum Gasteiger partial charge on any atom is -0.370 e. The lowest BCUT2D eigenvalue weighted by atomic mass is 10.1. The first-order valence-corrected chi connectivity index (χ1v) is 11.2. The number of nitrogens with one attached hydrogen (secondary N) is 2. The highest BCUT2D eigenvalue weighted by Gasteiger charge is 2.20. The minimum absolute atomic E-state index is 0.259. The van der Waals surface area contributed by atoms with Crippen LogP contribution in [0.4, 0.5) is 5.69 Å². The van der Waals surface area contributed by atoms with Crippen LogP contribution in [-0.2, 0) is 17.9 Å². The molecule has 0 unspecified atom stereocenters. The molecule has 0 atom stereocenters. The van der Waals surface area contributed by atoms with Crippen molar-refractivity contribution in [3.05, 3.63) is 65.2 Å². The monoisotopic (exact) mass is 421 g/mol. The Kier molecular flexibility index (Phi) is 8.33. The van der Waals surface area contributed by atoms with Crippen molar-refractivity contribution in [1.29, 1.82) is 0 Å². The predicted octanol–water partition coefficient (Wildman–Crippen LogP) is 3.31. The number of aliphatic imine (C=N–C) groups is 1. The molecule has 0 aromatic heterocycles. The summed E-state index contributed by atoms with van der Waals surface area (Å²) in [6, 6.07) is 16.9. The van der Waals surface area contributed by atoms with Crippen LogP contribution < -0.4 is 15.5 Å². The summed E-state index contributed by atoms with van der Waals surface area (Å²) in [6.07, 6.45) is 1.64. The largest absolute Gasteiger partial charge is 0.370 e. The van der Waals surface area contributed by atoms with Crippen LogP contribution in [0.15, 0.2) is 53.5 Å². The summed E-state index contributed by atoms with van der Waals surface area (Å²) in [7, 11) is 1.79. The third-order valence-electron chi connectivity index (χ3n) is 5.74. The third kappa shape index (κ3) is 6.48. The molecule has 0 bridgehead atoms. The maximum absolute atomic E-state index is 12.0. The van der Waals surface area contributed by atoms with Gasteiger partial charge in [0.2, 0.25) is 5.91 Å². The molecule has 0 radical (unpaired) electrons. The molecule has 0 aliphatic carbocycles. The number of carbonyl (C=O) groups is 1. The van der Waals surface area contributed by atoms with Crippen molar-refractivity contribution in [2.45, 2.75) is 39.8 Å². The Morgan fingerprint density at radius 1 is 1.13 bits per heavy atom. The van der Waals surface area contributed by atoms with E-state index in [0.717, 1.165) is 38.6 Å². The summed E-state index contributed by atoms with van der Waals surface area (Å²) < 4.78 is 0. The second-order valence-corrected chi connectivity index (χ2v) is 7.96. The molecule has 1 amide bonds. The summed E-state index contributed by atoms with van der Waals surface area (Å²) in [5.41, 5.74) is 4.91. The van der Waals surface area contributed by atoms with E-state index in [-0.39, 0.29) is 5.91 Å². The number of anilines is 1. The van der Waals surface area contributed by atoms with Crippen LogP contribution in [0, 0.1) is 6.92 Å². The maximum Gasteiger partial charge on any atom is 0.222 e. The molecule has 0 saturated carbocycles. The summed E-state index contributed by atoms with van der Waals surface area (Å²) in [6.45, 7) is 9.17. The topological polar surface area (TPSA) is 60.0 Å². The zero-order valence-corrected chi connectivity index (χ0v) is 19.0. The van der Waals surface area contributed by atoms with Crippen molar-refractivity contribution in [2.75, 3.05) is 38.1 Å². The molecular formula is C25H35N5O. The van der Waals surface area contributed by atoms with Gasteiger partial charge in [0, 0.05) is 58.4 Å². The number of likely N-dealkylation sites (tertiary alicyclic amines) is 1. The Balaban J connectivity index is 1.51. The van der Waals surface area contributed by atoms with Gasteiger partial charge in [-0.25, -0.2) is 0 Å². The summed E-state index contributed by atoms with van der Waals surface area (Å²) in [5.74, 6) is 1.04. The van der Waals surface area contributed by atoms with E-state index in [4.69, 9.17) is 0 Å². The first-order valence-electron chi connectivity index (χ1n) is 11.2. The minimum atomic E-state index is 0.259. The highest BCUT2D eigenvalue weighted by molar-refractivity contribution is 5.80. The first-order chi connectivity index (χ1) is 15.1. The first kappa shape index (κ1) is 22.7. The molecule has 6 nitrogen and oxygen atoms in total. The molecule has 3 rings (SSSR count). The molecule has 0 spiro atoms. The molecule has 2 aromatic carbocycles. The lowest BCUT2D eigenvalue weighted by Crippen LogP contribution is -2.41. The van der Waals surface area contributed by atoms with Gasteiger partial charge in [-0.05, 0) is 49.1 Å². The van der Waals surface area contributed by atoms with Gasteiger partial charge in [-0.2, -0.15) is 0 Å². The molecule has 2 aromatic rings. The van der Waals surface area contributed by atoms with E-state index in [1.807, 2.05) is 17.0 Å². The molecule has 166 valence electrons. The van der Waals surface area contributed by atoms with Crippen LogP contribution >= 0.6 is 0 Å². The van der Waals surface area contributed by atoms with Gasteiger partial charge >= 0.3 is 0 Å². The number of hydrogen-bond acceptors (Lipinski definition) is 3. The highest BCUT2D eigenvalue weighted by atomic mass is 16.2. The fourth-order valence-corrected chi connectivity index (χ4v) is 3.96. The van der Waals surface area contributed by atoms with Gasteiger partial charge in [-0.1, -0.05) is 36.4 Å². The van der Waals surface area contributed by atoms with E-state index in [1.165, 1.54) is 22.4 Å². The van der Waals surface area contributed by atoms with Crippen molar-refractivity contribution >= 4 is 17.6 Å². The Hall–Kier alpha value is -3.02. The molecule has 2 N–H and O–H groups in total. The zero-order chi connectivity index (χ0) is 22.1. The maximum atomic E-state index is 12.0. The Labute approximate surface area is 186 Å². The number of hydrogen-bond donors (Lipinski definition) is 2. The number of guanidine groups is 1. The standard InChI is InChI=1S/C25H35N5O/c1-4-29(23-12-7-9-20(2)17-23)16-14-27-25(26-3)28-18-21-10-5-6-11-22(21)19-30-15-8-13-24(30)31/h5-7,9-12,17H,4,8,13-16,18-19H2,1-3H3,(H2,26,27,28). The SMILES string of the molecule is CCN(CCNC(=NC)NCc1ccccc1CN1CCCC1=O)c1cccc(C)c1. The van der Waals surface area contributed by atoms with E-state index in [0.29, 0.717) is 19.5 Å². The lowest BCUT2D eigenvalue weighted by molar-refractivity contribution is -0.128. The summed E-state index contributed by atoms with van der Waals surface area (Å²) in [4.78, 5) is 20.7. The second kappa shape index (κ2) is 11.4. The fraction of sp³-hybridized carbons (Fsp3) is 0.440. The smallest absolute Gasteiger partial charge is 0.222 e. The van der Waals surface area contributed by atoms with Gasteiger partial charge in [0.25, 0.3) is 0 Å². The Bertz CT molecular complexity index is 895. The van der Waals surface area contributed by atoms with Crippen molar-refractivity contribution in [1.82, 2.24) is 15.5 Å². The van der Waals surface area contributed by atoms with Crippen LogP contribution in [0.1, 0.15) is 36.5 Å². The number of rotatable bonds is 9. The molecule has 1 saturated heterocycles. The van der Waals surface area contributed by atoms with Gasteiger partial charge in [0.15, 0.2) is 5.96 Å². The van der Waals surface area contributed by atoms with Crippen molar-refractivity contribution in [3.63, 3.8) is 0 Å². The molecule has 6 heteroatoms. The zero-order valence-electron chi connectivity index (χ0n) is 19.0. The fourth-order valence-electron chi connectivity index (χ4n) is 3.96. The average molecular weight is 422 g/mol. The van der Waals surface area contributed by atoms with Gasteiger partial charge in [-0.3, -0.25) is 9.79 Å². The van der Waals surface area contributed by atoms with E-state index in [1.54, 1.807) is 7.05 Å². The van der Waals surface area contributed by atoms with Crippen molar-refractivity contribution < 1.29 is 4.79 Å². The van der Waals surface area contributed by atoms with E-state index >= 15 is 0 Å². The van der Waals surface area contributed by atoms with E-state index < -0.39 is 0 Å². The molecule has 1 fully saturated rings. The number of likely N-dealkylation sites (N-methyl/N-ethyl adjacent to an activating group) is 1. The van der Waals surface area contributed by atoms with Crippen LogP contribution in [0.5, 0.6) is 0 Å². The second-order valence-electron chi connectivity index (χ2n) is 7.96. The van der Waals surface area contributed by atoms with Gasteiger partial charge < -0.3 is 20.4 Å². The normalized spacial score (nSPS) is 14.1. The molecule has 1 aliphatic rings. The van der Waals surface area contributed by atoms with Gasteiger partial charge in [0.1, 0.15) is 0 Å².